The maximum absolute atomic E-state index is 13.0. The highest BCUT2D eigenvalue weighted by atomic mass is 19.4. The van der Waals surface area contributed by atoms with E-state index < -0.39 is 34.8 Å². The zero-order chi connectivity index (χ0) is 26.7. The summed E-state index contributed by atoms with van der Waals surface area (Å²) in [6, 6.07) is 0.956. The van der Waals surface area contributed by atoms with Crippen molar-refractivity contribution in [1.82, 2.24) is 24.8 Å². The van der Waals surface area contributed by atoms with Crippen molar-refractivity contribution in [3.05, 3.63) is 52.2 Å². The van der Waals surface area contributed by atoms with Crippen molar-refractivity contribution >= 4 is 17.9 Å². The number of aromatic nitrogens is 3. The average Bonchev–Trinajstić information content (AvgIpc) is 2.78. The summed E-state index contributed by atoms with van der Waals surface area (Å²) in [4.78, 5) is 48.2. The predicted molar refractivity (Wildman–Crippen MR) is 125 cm³/mol. The van der Waals surface area contributed by atoms with E-state index in [9.17, 15) is 27.6 Å². The molecule has 0 bridgehead atoms. The molecule has 10 nitrogen and oxygen atoms in total. The van der Waals surface area contributed by atoms with Crippen molar-refractivity contribution in [1.29, 1.82) is 0 Å². The van der Waals surface area contributed by atoms with E-state index in [-0.39, 0.29) is 30.6 Å². The number of carbonyl (C=O) groups is 2. The number of anilines is 1. The van der Waals surface area contributed by atoms with Gasteiger partial charge in [-0.25, -0.2) is 14.8 Å². The molecule has 0 radical (unpaired) electrons. The van der Waals surface area contributed by atoms with Gasteiger partial charge < -0.3 is 24.4 Å². The maximum Gasteiger partial charge on any atom is 0.419 e. The predicted octanol–water partition coefficient (Wildman–Crippen LogP) is 2.53. The fourth-order valence-electron chi connectivity index (χ4n) is 3.58. The second-order valence-corrected chi connectivity index (χ2v) is 9.52. The first-order valence-electron chi connectivity index (χ1n) is 11.4. The van der Waals surface area contributed by atoms with Gasteiger partial charge >= 0.3 is 12.3 Å². The molecule has 2 aromatic heterocycles. The van der Waals surface area contributed by atoms with Gasteiger partial charge in [-0.3, -0.25) is 9.59 Å². The molecule has 3 rings (SSSR count). The quantitative estimate of drug-likeness (QED) is 0.658. The smallest absolute Gasteiger partial charge is 0.419 e. The topological polar surface area (TPSA) is 110 Å². The van der Waals surface area contributed by atoms with Gasteiger partial charge in [0.15, 0.2) is 5.43 Å². The molecule has 2 aromatic rings. The Hall–Kier alpha value is -3.64. The Morgan fingerprint density at radius 2 is 1.72 bits per heavy atom. The Morgan fingerprint density at radius 3 is 2.28 bits per heavy atom. The average molecular weight is 511 g/mol. The van der Waals surface area contributed by atoms with Crippen LogP contribution in [0.15, 0.2) is 35.6 Å². The molecular weight excluding hydrogens is 481 g/mol. The molecular formula is C23H29F3N6O4. The van der Waals surface area contributed by atoms with Gasteiger partial charge in [0, 0.05) is 69.6 Å². The number of hydrogen-bond acceptors (Lipinski definition) is 7. The van der Waals surface area contributed by atoms with Crippen LogP contribution in [0.1, 0.15) is 43.6 Å². The lowest BCUT2D eigenvalue weighted by atomic mass is 10.2. The second kappa shape index (κ2) is 10.5. The summed E-state index contributed by atoms with van der Waals surface area (Å²) in [5.74, 6) is -0.307. The van der Waals surface area contributed by atoms with Crippen molar-refractivity contribution in [2.24, 2.45) is 0 Å². The second-order valence-electron chi connectivity index (χ2n) is 9.52. The van der Waals surface area contributed by atoms with Crippen LogP contribution in [-0.2, 0) is 17.5 Å². The van der Waals surface area contributed by atoms with Crippen LogP contribution in [-0.4, -0.2) is 69.3 Å². The first kappa shape index (κ1) is 27.0. The van der Waals surface area contributed by atoms with E-state index in [2.05, 4.69) is 15.3 Å². The summed E-state index contributed by atoms with van der Waals surface area (Å²) in [6.07, 6.45) is -0.649. The van der Waals surface area contributed by atoms with Gasteiger partial charge in [0.05, 0.1) is 5.56 Å². The highest BCUT2D eigenvalue weighted by Crippen LogP contribution is 2.28. The molecule has 3 heterocycles. The van der Waals surface area contributed by atoms with Crippen LogP contribution in [0.2, 0.25) is 0 Å². The van der Waals surface area contributed by atoms with Gasteiger partial charge in [0.1, 0.15) is 11.2 Å². The number of alkyl carbamates (subject to hydrolysis) is 1. The van der Waals surface area contributed by atoms with E-state index in [1.54, 1.807) is 37.2 Å². The summed E-state index contributed by atoms with van der Waals surface area (Å²) in [5.41, 5.74) is -2.02. The number of piperazine rings is 1. The molecule has 1 N–H and O–H groups in total. The van der Waals surface area contributed by atoms with Crippen LogP contribution < -0.4 is 15.6 Å². The Labute approximate surface area is 206 Å². The summed E-state index contributed by atoms with van der Waals surface area (Å²) >= 11 is 0. The van der Waals surface area contributed by atoms with Crippen LogP contribution in [0.25, 0.3) is 0 Å². The number of nitrogens with one attached hydrogen (secondary N) is 1. The van der Waals surface area contributed by atoms with Gasteiger partial charge in [-0.15, -0.1) is 0 Å². The molecule has 0 saturated carbocycles. The maximum atomic E-state index is 13.0. The van der Waals surface area contributed by atoms with Crippen molar-refractivity contribution < 1.29 is 27.5 Å². The largest absolute Gasteiger partial charge is 0.444 e. The van der Waals surface area contributed by atoms with Gasteiger partial charge in [-0.1, -0.05) is 0 Å². The molecule has 0 unspecified atom stereocenters. The lowest BCUT2D eigenvalue weighted by Gasteiger charge is -2.34. The van der Waals surface area contributed by atoms with Crippen LogP contribution >= 0.6 is 0 Å². The summed E-state index contributed by atoms with van der Waals surface area (Å²) in [7, 11) is 0. The van der Waals surface area contributed by atoms with Crippen molar-refractivity contribution in [3.63, 3.8) is 0 Å². The number of ether oxygens (including phenoxy) is 1. The number of hydrogen-bond donors (Lipinski definition) is 1. The molecule has 196 valence electrons. The number of rotatable bonds is 5. The van der Waals surface area contributed by atoms with Crippen LogP contribution in [0, 0.1) is 0 Å². The van der Waals surface area contributed by atoms with Gasteiger partial charge in [-0.2, -0.15) is 13.2 Å². The fourth-order valence-corrected chi connectivity index (χ4v) is 3.58. The van der Waals surface area contributed by atoms with Gasteiger partial charge in [0.25, 0.3) is 5.91 Å². The molecule has 1 fully saturated rings. The van der Waals surface area contributed by atoms with Crippen LogP contribution in [0.5, 0.6) is 0 Å². The first-order valence-corrected chi connectivity index (χ1v) is 11.4. The monoisotopic (exact) mass is 510 g/mol. The van der Waals surface area contributed by atoms with E-state index in [0.29, 0.717) is 19.6 Å². The van der Waals surface area contributed by atoms with Crippen molar-refractivity contribution in [3.8, 4) is 0 Å². The van der Waals surface area contributed by atoms with E-state index >= 15 is 0 Å². The molecule has 0 aromatic carbocycles. The third-order valence-electron chi connectivity index (χ3n) is 5.27. The van der Waals surface area contributed by atoms with Gasteiger partial charge in [-0.05, 0) is 27.7 Å². The minimum Gasteiger partial charge on any atom is -0.444 e. The number of halogens is 3. The fraction of sp³-hybridized carbons (Fsp3) is 0.522. The van der Waals surface area contributed by atoms with Crippen molar-refractivity contribution in [2.75, 3.05) is 31.1 Å². The normalized spacial score (nSPS) is 15.4. The lowest BCUT2D eigenvalue weighted by Crippen LogP contribution is -2.50. The molecule has 1 saturated heterocycles. The number of amides is 2. The zero-order valence-electron chi connectivity index (χ0n) is 20.5. The SMILES string of the molecule is C[C@@H](Cn1ccc(=O)c(C(=O)N2CCN(c3ncc(C(F)(F)F)cn3)CC2)c1)NC(=O)OC(C)(C)C. The van der Waals surface area contributed by atoms with E-state index in [1.165, 1.54) is 23.4 Å². The highest BCUT2D eigenvalue weighted by Gasteiger charge is 2.32. The number of nitrogens with zero attached hydrogens (tertiary/aromatic N) is 5. The first-order chi connectivity index (χ1) is 16.7. The van der Waals surface area contributed by atoms with E-state index in [1.807, 2.05) is 0 Å². The number of alkyl halides is 3. The Kier molecular flexibility index (Phi) is 7.89. The molecule has 1 atom stereocenters. The minimum absolute atomic E-state index is 0.0128. The minimum atomic E-state index is -4.52. The summed E-state index contributed by atoms with van der Waals surface area (Å²) < 4.78 is 45.0. The van der Waals surface area contributed by atoms with E-state index in [4.69, 9.17) is 4.74 Å². The number of carbonyl (C=O) groups excluding carboxylic acids is 2. The summed E-state index contributed by atoms with van der Waals surface area (Å²) in [5, 5.41) is 2.71. The molecule has 1 aliphatic rings. The van der Waals surface area contributed by atoms with Crippen LogP contribution in [0.3, 0.4) is 0 Å². The van der Waals surface area contributed by atoms with E-state index in [0.717, 1.165) is 12.4 Å². The molecule has 0 spiro atoms. The summed E-state index contributed by atoms with van der Waals surface area (Å²) in [6.45, 7) is 8.44. The Bertz CT molecular complexity index is 1140. The molecule has 1 aliphatic heterocycles. The molecule has 36 heavy (non-hydrogen) atoms. The standard InChI is InChI=1S/C23H29F3N6O4/c1-15(29-21(35)36-22(2,3)4)13-30-6-5-18(33)17(14-30)19(34)31-7-9-32(10-8-31)20-27-11-16(12-28-20)23(24,25)26/h5-6,11-12,14-15H,7-10,13H2,1-4H3,(H,29,35)/t15-/m0/s1. The third-order valence-corrected chi connectivity index (χ3v) is 5.27. The van der Waals surface area contributed by atoms with Crippen LogP contribution in [0.4, 0.5) is 23.9 Å². The van der Waals surface area contributed by atoms with Crippen molar-refractivity contribution in [2.45, 2.75) is 52.1 Å². The Morgan fingerprint density at radius 1 is 1.11 bits per heavy atom. The highest BCUT2D eigenvalue weighted by molar-refractivity contribution is 5.94. The van der Waals surface area contributed by atoms with Gasteiger partial charge in [0.2, 0.25) is 5.95 Å². The zero-order valence-corrected chi connectivity index (χ0v) is 20.5. The lowest BCUT2D eigenvalue weighted by molar-refractivity contribution is -0.138. The Balaban J connectivity index is 1.60. The molecule has 2 amide bonds. The third kappa shape index (κ3) is 7.18. The molecule has 13 heteroatoms. The molecule has 0 aliphatic carbocycles. The number of pyridine rings is 1.